The van der Waals surface area contributed by atoms with Crippen LogP contribution in [0.15, 0.2) is 115 Å². The van der Waals surface area contributed by atoms with Gasteiger partial charge in [-0.05, 0) is 80.8 Å². The van der Waals surface area contributed by atoms with Gasteiger partial charge in [0.05, 0.1) is 5.69 Å². The molecule has 1 nitrogen and oxygen atoms in total. The molecule has 35 heavy (non-hydrogen) atoms. The van der Waals surface area contributed by atoms with Gasteiger partial charge in [0.15, 0.2) is 0 Å². The summed E-state index contributed by atoms with van der Waals surface area (Å²) in [6.07, 6.45) is 0. The summed E-state index contributed by atoms with van der Waals surface area (Å²) < 4.78 is 0. The van der Waals surface area contributed by atoms with Crippen molar-refractivity contribution in [3.63, 3.8) is 0 Å². The highest BCUT2D eigenvalue weighted by Crippen LogP contribution is 2.42. The van der Waals surface area contributed by atoms with Crippen LogP contribution in [0.4, 0.5) is 17.1 Å². The SMILES string of the molecule is Cc1ccc(-c2ccc(N(c3ccc(C)cc3)c3ccc(C)cc3)c(-c3ccc(C)cc3)c2)cc1. The average molecular weight is 454 g/mol. The Morgan fingerprint density at radius 3 is 1.20 bits per heavy atom. The predicted molar refractivity (Wildman–Crippen MR) is 151 cm³/mol. The highest BCUT2D eigenvalue weighted by molar-refractivity contribution is 5.90. The van der Waals surface area contributed by atoms with Crippen molar-refractivity contribution >= 4 is 17.1 Å². The first kappa shape index (κ1) is 22.7. The van der Waals surface area contributed by atoms with Crippen LogP contribution in [0.2, 0.25) is 0 Å². The van der Waals surface area contributed by atoms with E-state index in [0.29, 0.717) is 0 Å². The van der Waals surface area contributed by atoms with Crippen molar-refractivity contribution in [1.29, 1.82) is 0 Å². The molecule has 172 valence electrons. The monoisotopic (exact) mass is 453 g/mol. The number of anilines is 3. The second-order valence-corrected chi connectivity index (χ2v) is 9.47. The van der Waals surface area contributed by atoms with Gasteiger partial charge in [-0.2, -0.15) is 0 Å². The quantitative estimate of drug-likeness (QED) is 0.256. The second kappa shape index (κ2) is 9.64. The molecule has 0 spiro atoms. The van der Waals surface area contributed by atoms with Gasteiger partial charge in [0.1, 0.15) is 0 Å². The van der Waals surface area contributed by atoms with Gasteiger partial charge in [-0.3, -0.25) is 0 Å². The fourth-order valence-electron chi connectivity index (χ4n) is 4.44. The van der Waals surface area contributed by atoms with Gasteiger partial charge >= 0.3 is 0 Å². The number of hydrogen-bond donors (Lipinski definition) is 0. The van der Waals surface area contributed by atoms with Gasteiger partial charge < -0.3 is 4.90 Å². The molecule has 0 heterocycles. The summed E-state index contributed by atoms with van der Waals surface area (Å²) in [5, 5.41) is 0. The molecule has 0 aliphatic carbocycles. The summed E-state index contributed by atoms with van der Waals surface area (Å²) in [7, 11) is 0. The molecule has 0 amide bonds. The van der Waals surface area contributed by atoms with E-state index in [9.17, 15) is 0 Å². The Bertz CT molecular complexity index is 1380. The molecule has 0 atom stereocenters. The first-order valence-corrected chi connectivity index (χ1v) is 12.2. The smallest absolute Gasteiger partial charge is 0.0540 e. The van der Waals surface area contributed by atoms with Crippen molar-refractivity contribution in [1.82, 2.24) is 0 Å². The Kier molecular flexibility index (Phi) is 6.25. The van der Waals surface area contributed by atoms with Gasteiger partial charge in [-0.15, -0.1) is 0 Å². The molecule has 0 N–H and O–H groups in total. The minimum atomic E-state index is 1.15. The van der Waals surface area contributed by atoms with E-state index in [4.69, 9.17) is 0 Å². The van der Waals surface area contributed by atoms with Crippen LogP contribution in [-0.4, -0.2) is 0 Å². The molecule has 1 heteroatoms. The normalized spacial score (nSPS) is 10.9. The largest absolute Gasteiger partial charge is 0.310 e. The van der Waals surface area contributed by atoms with E-state index in [-0.39, 0.29) is 0 Å². The van der Waals surface area contributed by atoms with Crippen LogP contribution in [-0.2, 0) is 0 Å². The van der Waals surface area contributed by atoms with Crippen LogP contribution in [0.3, 0.4) is 0 Å². The fourth-order valence-corrected chi connectivity index (χ4v) is 4.44. The van der Waals surface area contributed by atoms with Crippen molar-refractivity contribution in [3.05, 3.63) is 138 Å². The maximum absolute atomic E-state index is 2.37. The molecule has 0 fully saturated rings. The molecule has 0 radical (unpaired) electrons. The number of benzene rings is 5. The van der Waals surface area contributed by atoms with Crippen molar-refractivity contribution in [2.45, 2.75) is 27.7 Å². The van der Waals surface area contributed by atoms with E-state index < -0.39 is 0 Å². The summed E-state index contributed by atoms with van der Waals surface area (Å²) in [6.45, 7) is 8.53. The lowest BCUT2D eigenvalue weighted by atomic mass is 9.95. The van der Waals surface area contributed by atoms with Crippen LogP contribution >= 0.6 is 0 Å². The zero-order valence-corrected chi connectivity index (χ0v) is 20.9. The van der Waals surface area contributed by atoms with E-state index in [1.54, 1.807) is 0 Å². The number of aryl methyl sites for hydroxylation is 4. The van der Waals surface area contributed by atoms with Crippen molar-refractivity contribution in [2.24, 2.45) is 0 Å². The highest BCUT2D eigenvalue weighted by atomic mass is 15.1. The molecule has 0 unspecified atom stereocenters. The third kappa shape index (κ3) is 4.90. The van der Waals surface area contributed by atoms with Gasteiger partial charge in [-0.1, -0.05) is 101 Å². The lowest BCUT2D eigenvalue weighted by Gasteiger charge is -2.28. The molecule has 0 aromatic heterocycles. The minimum Gasteiger partial charge on any atom is -0.310 e. The van der Waals surface area contributed by atoms with E-state index in [0.717, 1.165) is 17.1 Å². The standard InChI is InChI=1S/C34H31N/c1-24-5-13-28(14-6-24)30-17-22-34(33(23-30)29-15-7-25(2)8-16-29)35(31-18-9-26(3)10-19-31)32-20-11-27(4)12-21-32/h5-23H,1-4H3. The van der Waals surface area contributed by atoms with E-state index in [2.05, 4.69) is 148 Å². The summed E-state index contributed by atoms with van der Waals surface area (Å²) in [5.41, 5.74) is 13.4. The van der Waals surface area contributed by atoms with Gasteiger partial charge in [0, 0.05) is 16.9 Å². The molecular weight excluding hydrogens is 422 g/mol. The Morgan fingerprint density at radius 1 is 0.371 bits per heavy atom. The van der Waals surface area contributed by atoms with E-state index in [1.165, 1.54) is 44.5 Å². The van der Waals surface area contributed by atoms with Gasteiger partial charge in [0.2, 0.25) is 0 Å². The maximum Gasteiger partial charge on any atom is 0.0540 e. The lowest BCUT2D eigenvalue weighted by Crippen LogP contribution is -2.11. The number of nitrogens with zero attached hydrogens (tertiary/aromatic N) is 1. The zero-order valence-electron chi connectivity index (χ0n) is 20.9. The minimum absolute atomic E-state index is 1.15. The predicted octanol–water partition coefficient (Wildman–Crippen LogP) is 9.72. The van der Waals surface area contributed by atoms with Crippen LogP contribution < -0.4 is 4.90 Å². The lowest BCUT2D eigenvalue weighted by molar-refractivity contribution is 1.27. The molecule has 5 rings (SSSR count). The van der Waals surface area contributed by atoms with Crippen molar-refractivity contribution < 1.29 is 0 Å². The van der Waals surface area contributed by atoms with Crippen LogP contribution in [0.1, 0.15) is 22.3 Å². The second-order valence-electron chi connectivity index (χ2n) is 9.47. The molecule has 0 aliphatic heterocycles. The third-order valence-corrected chi connectivity index (χ3v) is 6.57. The van der Waals surface area contributed by atoms with Crippen LogP contribution in [0, 0.1) is 27.7 Å². The van der Waals surface area contributed by atoms with Gasteiger partial charge in [0.25, 0.3) is 0 Å². The van der Waals surface area contributed by atoms with Crippen LogP contribution in [0.5, 0.6) is 0 Å². The molecule has 0 aliphatic rings. The molecular formula is C34H31N. The summed E-state index contributed by atoms with van der Waals surface area (Å²) >= 11 is 0. The van der Waals surface area contributed by atoms with Crippen molar-refractivity contribution in [2.75, 3.05) is 4.90 Å². The van der Waals surface area contributed by atoms with Crippen LogP contribution in [0.25, 0.3) is 22.3 Å². The number of rotatable bonds is 5. The highest BCUT2D eigenvalue weighted by Gasteiger charge is 2.18. The van der Waals surface area contributed by atoms with Gasteiger partial charge in [-0.25, -0.2) is 0 Å². The first-order valence-electron chi connectivity index (χ1n) is 12.2. The summed E-state index contributed by atoms with van der Waals surface area (Å²) in [4.78, 5) is 2.37. The number of hydrogen-bond acceptors (Lipinski definition) is 1. The molecule has 0 saturated heterocycles. The third-order valence-electron chi connectivity index (χ3n) is 6.57. The summed E-state index contributed by atoms with van der Waals surface area (Å²) in [6, 6.07) is 42.0. The maximum atomic E-state index is 2.37. The topological polar surface area (TPSA) is 3.24 Å². The Balaban J connectivity index is 1.74. The fraction of sp³-hybridized carbons (Fsp3) is 0.118. The first-order chi connectivity index (χ1) is 17.0. The zero-order chi connectivity index (χ0) is 24.4. The Hall–Kier alpha value is -4.10. The van der Waals surface area contributed by atoms with E-state index in [1.807, 2.05) is 0 Å². The molecule has 0 bridgehead atoms. The Morgan fingerprint density at radius 2 is 0.743 bits per heavy atom. The Labute approximate surface area is 209 Å². The molecule has 5 aromatic rings. The molecule has 0 saturated carbocycles. The molecule has 5 aromatic carbocycles. The van der Waals surface area contributed by atoms with Crippen molar-refractivity contribution in [3.8, 4) is 22.3 Å². The average Bonchev–Trinajstić information content (AvgIpc) is 2.88. The van der Waals surface area contributed by atoms with E-state index >= 15 is 0 Å². The summed E-state index contributed by atoms with van der Waals surface area (Å²) in [5.74, 6) is 0.